The van der Waals surface area contributed by atoms with Crippen LogP contribution in [-0.4, -0.2) is 31.9 Å². The lowest BCUT2D eigenvalue weighted by Gasteiger charge is -2.17. The summed E-state index contributed by atoms with van der Waals surface area (Å²) >= 11 is 0. The lowest BCUT2D eigenvalue weighted by Crippen LogP contribution is -2.05. The van der Waals surface area contributed by atoms with Crippen molar-refractivity contribution in [3.63, 3.8) is 0 Å². The third-order valence-corrected chi connectivity index (χ3v) is 8.85. The molecule has 52 heavy (non-hydrogen) atoms. The van der Waals surface area contributed by atoms with Crippen LogP contribution in [0.2, 0.25) is 0 Å². The number of esters is 2. The van der Waals surface area contributed by atoms with Crippen molar-refractivity contribution in [3.05, 3.63) is 145 Å². The summed E-state index contributed by atoms with van der Waals surface area (Å²) < 4.78 is 10.5. The van der Waals surface area contributed by atoms with Crippen molar-refractivity contribution in [2.45, 2.75) is 26.2 Å². The van der Waals surface area contributed by atoms with E-state index in [2.05, 4.69) is 48.6 Å². The second-order valence-corrected chi connectivity index (χ2v) is 12.5. The molecule has 5 aromatic carbocycles. The van der Waals surface area contributed by atoms with Crippen LogP contribution in [0.15, 0.2) is 140 Å². The Morgan fingerprint density at radius 1 is 0.519 bits per heavy atom. The Morgan fingerprint density at radius 2 is 1.00 bits per heavy atom. The number of carbonyl (C=O) groups excluding carboxylic acids is 2. The van der Waals surface area contributed by atoms with Gasteiger partial charge in [-0.15, -0.1) is 0 Å². The molecule has 2 heterocycles. The molecule has 0 spiro atoms. The topological polar surface area (TPSA) is 104 Å². The Kier molecular flexibility index (Phi) is 8.63. The van der Waals surface area contributed by atoms with Crippen LogP contribution in [0.5, 0.6) is 11.5 Å². The summed E-state index contributed by atoms with van der Waals surface area (Å²) in [5.74, 6) is 0.226. The molecular formula is C44H32N4O4. The minimum absolute atomic E-state index is 0.130. The molecule has 0 bridgehead atoms. The van der Waals surface area contributed by atoms with E-state index < -0.39 is 11.9 Å². The highest BCUT2D eigenvalue weighted by atomic mass is 16.5. The van der Waals surface area contributed by atoms with Gasteiger partial charge in [0.2, 0.25) is 0 Å². The number of hydrogen-bond donors (Lipinski definition) is 0. The van der Waals surface area contributed by atoms with Gasteiger partial charge in [-0.2, -0.15) is 0 Å². The molecule has 1 aliphatic carbocycles. The smallest absolute Gasteiger partial charge is 0.308 e. The van der Waals surface area contributed by atoms with Gasteiger partial charge in [-0.3, -0.25) is 9.59 Å². The average molecular weight is 681 g/mol. The number of carbonyl (C=O) groups is 2. The van der Waals surface area contributed by atoms with Gasteiger partial charge in [0.25, 0.3) is 0 Å². The second kappa shape index (κ2) is 13.8. The lowest BCUT2D eigenvalue weighted by atomic mass is 9.93. The van der Waals surface area contributed by atoms with Crippen molar-refractivity contribution in [2.75, 3.05) is 0 Å². The van der Waals surface area contributed by atoms with E-state index in [1.165, 1.54) is 13.8 Å². The highest BCUT2D eigenvalue weighted by Gasteiger charge is 2.20. The first-order chi connectivity index (χ1) is 25.4. The maximum absolute atomic E-state index is 11.5. The third kappa shape index (κ3) is 6.69. The van der Waals surface area contributed by atoms with Crippen LogP contribution in [0.4, 0.5) is 0 Å². The molecule has 8 heteroatoms. The van der Waals surface area contributed by atoms with Crippen LogP contribution < -0.4 is 9.47 Å². The minimum atomic E-state index is -0.394. The molecule has 2 aromatic heterocycles. The Bertz CT molecular complexity index is 2540. The number of aromatic nitrogens is 4. The summed E-state index contributed by atoms with van der Waals surface area (Å²) in [5.41, 5.74) is 10.8. The predicted molar refractivity (Wildman–Crippen MR) is 203 cm³/mol. The minimum Gasteiger partial charge on any atom is -0.427 e. The largest absolute Gasteiger partial charge is 0.427 e. The van der Waals surface area contributed by atoms with E-state index >= 15 is 0 Å². The Morgan fingerprint density at radius 3 is 1.52 bits per heavy atom. The SMILES string of the molecule is CC(=O)Oc1ccc(-c2nc3ccc(-c4ccc5nc(-c6ccccc6)c(C6C=CC=CC6)nc5c4)cc3nc2-c2ccc(OC(C)=O)cc2)cc1. The van der Waals surface area contributed by atoms with Gasteiger partial charge in [-0.25, -0.2) is 19.9 Å². The second-order valence-electron chi connectivity index (χ2n) is 12.5. The monoisotopic (exact) mass is 680 g/mol. The van der Waals surface area contributed by atoms with Crippen LogP contribution in [-0.2, 0) is 9.59 Å². The molecule has 8 nitrogen and oxygen atoms in total. The molecule has 1 atom stereocenters. The van der Waals surface area contributed by atoms with Gasteiger partial charge >= 0.3 is 11.9 Å². The quantitative estimate of drug-likeness (QED) is 0.121. The molecule has 1 aliphatic rings. The highest BCUT2D eigenvalue weighted by molar-refractivity contribution is 5.91. The summed E-state index contributed by atoms with van der Waals surface area (Å²) in [6.07, 6.45) is 9.38. The molecule has 252 valence electrons. The Balaban J connectivity index is 1.22. The third-order valence-electron chi connectivity index (χ3n) is 8.85. The summed E-state index contributed by atoms with van der Waals surface area (Å²) in [6, 6.07) is 36.8. The van der Waals surface area contributed by atoms with E-state index in [4.69, 9.17) is 29.4 Å². The van der Waals surface area contributed by atoms with Gasteiger partial charge < -0.3 is 9.47 Å². The van der Waals surface area contributed by atoms with E-state index in [1.54, 1.807) is 24.3 Å². The fourth-order valence-electron chi connectivity index (χ4n) is 6.43. The molecule has 1 unspecified atom stereocenters. The van der Waals surface area contributed by atoms with Gasteiger partial charge in [0, 0.05) is 36.5 Å². The molecule has 7 aromatic rings. The molecule has 8 rings (SSSR count). The number of fused-ring (bicyclic) bond motifs is 2. The highest BCUT2D eigenvalue weighted by Crippen LogP contribution is 2.36. The number of allylic oxidation sites excluding steroid dienone is 4. The normalized spacial score (nSPS) is 13.7. The average Bonchev–Trinajstić information content (AvgIpc) is 3.17. The van der Waals surface area contributed by atoms with E-state index in [1.807, 2.05) is 66.7 Å². The maximum atomic E-state index is 11.5. The molecule has 0 N–H and O–H groups in total. The summed E-state index contributed by atoms with van der Waals surface area (Å²) in [6.45, 7) is 2.73. The lowest BCUT2D eigenvalue weighted by molar-refractivity contribution is -0.132. The predicted octanol–water partition coefficient (Wildman–Crippen LogP) is 9.69. The van der Waals surface area contributed by atoms with E-state index in [0.29, 0.717) is 28.4 Å². The molecule has 0 saturated heterocycles. The van der Waals surface area contributed by atoms with Gasteiger partial charge in [0.15, 0.2) is 0 Å². The zero-order chi connectivity index (χ0) is 35.6. The van der Waals surface area contributed by atoms with Crippen molar-refractivity contribution in [1.82, 2.24) is 19.9 Å². The fraction of sp³-hybridized carbons (Fsp3) is 0.0909. The van der Waals surface area contributed by atoms with Crippen LogP contribution >= 0.6 is 0 Å². The molecule has 0 amide bonds. The Labute approximate surface area is 300 Å². The number of benzene rings is 5. The number of nitrogens with zero attached hydrogens (tertiary/aromatic N) is 4. The first kappa shape index (κ1) is 32.4. The van der Waals surface area contributed by atoms with Gasteiger partial charge in [0.05, 0.1) is 44.8 Å². The first-order valence-corrected chi connectivity index (χ1v) is 17.0. The van der Waals surface area contributed by atoms with Crippen LogP contribution in [0.1, 0.15) is 31.9 Å². The van der Waals surface area contributed by atoms with Crippen molar-refractivity contribution in [2.24, 2.45) is 0 Å². The summed E-state index contributed by atoms with van der Waals surface area (Å²) in [4.78, 5) is 43.7. The maximum Gasteiger partial charge on any atom is 0.308 e. The van der Waals surface area contributed by atoms with Gasteiger partial charge in [-0.05, 0) is 90.3 Å². The molecule has 0 radical (unpaired) electrons. The van der Waals surface area contributed by atoms with Crippen LogP contribution in [0.25, 0.3) is 67.0 Å². The van der Waals surface area contributed by atoms with Crippen molar-refractivity contribution in [1.29, 1.82) is 0 Å². The Hall–Kier alpha value is -6.80. The van der Waals surface area contributed by atoms with Gasteiger partial charge in [0.1, 0.15) is 11.5 Å². The standard InChI is InChI=1S/C44H32N4O4/c1-27(49)51-35-19-13-31(14-20-35)43-44(32-15-21-36(22-16-32)52-28(2)50)48-40-26-34(18-24-38(40)46-43)33-17-23-37-39(25-33)47-42(30-11-7-4-8-12-30)41(45-37)29-9-5-3-6-10-29/h3-11,13-26,30H,12H2,1-2H3. The van der Waals surface area contributed by atoms with E-state index in [9.17, 15) is 9.59 Å². The van der Waals surface area contributed by atoms with Crippen molar-refractivity contribution >= 4 is 34.0 Å². The molecular weight excluding hydrogens is 649 g/mol. The number of hydrogen-bond acceptors (Lipinski definition) is 8. The number of rotatable bonds is 7. The fourth-order valence-corrected chi connectivity index (χ4v) is 6.43. The van der Waals surface area contributed by atoms with E-state index in [-0.39, 0.29) is 5.92 Å². The molecule has 0 fully saturated rings. The molecule has 0 saturated carbocycles. The molecule has 0 aliphatic heterocycles. The zero-order valence-electron chi connectivity index (χ0n) is 28.5. The van der Waals surface area contributed by atoms with Crippen molar-refractivity contribution in [3.8, 4) is 56.4 Å². The van der Waals surface area contributed by atoms with Crippen molar-refractivity contribution < 1.29 is 19.1 Å². The zero-order valence-corrected chi connectivity index (χ0v) is 28.5. The van der Waals surface area contributed by atoms with Crippen LogP contribution in [0, 0.1) is 0 Å². The summed E-state index contributed by atoms with van der Waals surface area (Å²) in [7, 11) is 0. The summed E-state index contributed by atoms with van der Waals surface area (Å²) in [5, 5.41) is 0. The van der Waals surface area contributed by atoms with Gasteiger partial charge in [-0.1, -0.05) is 66.8 Å². The van der Waals surface area contributed by atoms with E-state index in [0.717, 1.165) is 62.2 Å². The number of ether oxygens (including phenoxy) is 2. The van der Waals surface area contributed by atoms with Crippen LogP contribution in [0.3, 0.4) is 0 Å². The first-order valence-electron chi connectivity index (χ1n) is 17.0.